The topological polar surface area (TPSA) is 0 Å². The molecule has 0 heterocycles. The summed E-state index contributed by atoms with van der Waals surface area (Å²) < 4.78 is 0. The Balaban J connectivity index is 2.18. The summed E-state index contributed by atoms with van der Waals surface area (Å²) in [5, 5.41) is 0. The maximum atomic E-state index is 2.48. The van der Waals surface area contributed by atoms with Gasteiger partial charge in [0.1, 0.15) is 0 Å². The van der Waals surface area contributed by atoms with Crippen LogP contribution >= 0.6 is 0 Å². The Morgan fingerprint density at radius 2 is 1.79 bits per heavy atom. The first-order chi connectivity index (χ1) is 6.69. The summed E-state index contributed by atoms with van der Waals surface area (Å²) in [6, 6.07) is 0. The van der Waals surface area contributed by atoms with Crippen molar-refractivity contribution in [2.24, 2.45) is 23.7 Å². The fourth-order valence-electron chi connectivity index (χ4n) is 2.80. The van der Waals surface area contributed by atoms with Gasteiger partial charge < -0.3 is 0 Å². The van der Waals surface area contributed by atoms with Crippen LogP contribution in [0.15, 0.2) is 0 Å². The zero-order valence-corrected chi connectivity index (χ0v) is 10.6. The minimum atomic E-state index is 0.956. The van der Waals surface area contributed by atoms with Crippen molar-refractivity contribution in [3.8, 4) is 0 Å². The molecule has 2 atom stereocenters. The van der Waals surface area contributed by atoms with Gasteiger partial charge >= 0.3 is 0 Å². The van der Waals surface area contributed by atoms with Crippen molar-refractivity contribution in [1.29, 1.82) is 0 Å². The summed E-state index contributed by atoms with van der Waals surface area (Å²) in [4.78, 5) is 0. The van der Waals surface area contributed by atoms with Gasteiger partial charge in [-0.05, 0) is 36.5 Å². The molecule has 1 rings (SSSR count). The third-order valence-electron chi connectivity index (χ3n) is 4.50. The van der Waals surface area contributed by atoms with Crippen molar-refractivity contribution in [3.05, 3.63) is 0 Å². The highest BCUT2D eigenvalue weighted by Gasteiger charge is 2.33. The van der Waals surface area contributed by atoms with Crippen molar-refractivity contribution in [2.45, 2.75) is 66.2 Å². The van der Waals surface area contributed by atoms with Gasteiger partial charge in [-0.2, -0.15) is 0 Å². The van der Waals surface area contributed by atoms with E-state index in [2.05, 4.69) is 27.7 Å². The zero-order valence-electron chi connectivity index (χ0n) is 10.6. The van der Waals surface area contributed by atoms with Crippen LogP contribution in [0.1, 0.15) is 66.2 Å². The van der Waals surface area contributed by atoms with E-state index < -0.39 is 0 Å². The average Bonchev–Trinajstić information content (AvgIpc) is 2.12. The molecular weight excluding hydrogens is 168 g/mol. The second-order valence-electron chi connectivity index (χ2n) is 5.48. The van der Waals surface area contributed by atoms with E-state index in [4.69, 9.17) is 0 Å². The Morgan fingerprint density at radius 1 is 1.14 bits per heavy atom. The predicted octanol–water partition coefficient (Wildman–Crippen LogP) is 4.89. The Labute approximate surface area is 90.5 Å². The quantitative estimate of drug-likeness (QED) is 0.567. The van der Waals surface area contributed by atoms with Crippen LogP contribution < -0.4 is 0 Å². The van der Waals surface area contributed by atoms with Crippen molar-refractivity contribution in [1.82, 2.24) is 0 Å². The first-order valence-corrected chi connectivity index (χ1v) is 6.69. The lowest BCUT2D eigenvalue weighted by Gasteiger charge is -2.41. The molecular formula is C14H28. The SMILES string of the molecule is CCCCC(C)C(C)C1CC(CC)C1. The lowest BCUT2D eigenvalue weighted by atomic mass is 9.65. The molecule has 0 bridgehead atoms. The minimum absolute atomic E-state index is 0.956. The molecule has 0 N–H and O–H groups in total. The molecule has 0 radical (unpaired) electrons. The molecule has 0 heteroatoms. The van der Waals surface area contributed by atoms with Gasteiger partial charge in [0, 0.05) is 0 Å². The van der Waals surface area contributed by atoms with E-state index in [1.807, 2.05) is 0 Å². The maximum absolute atomic E-state index is 2.48. The third-order valence-corrected chi connectivity index (χ3v) is 4.50. The smallest absolute Gasteiger partial charge is 0.0381 e. The molecule has 0 aliphatic heterocycles. The van der Waals surface area contributed by atoms with Crippen LogP contribution in [-0.2, 0) is 0 Å². The molecule has 0 aromatic carbocycles. The fourth-order valence-corrected chi connectivity index (χ4v) is 2.80. The van der Waals surface area contributed by atoms with E-state index in [1.54, 1.807) is 0 Å². The van der Waals surface area contributed by atoms with Crippen molar-refractivity contribution in [2.75, 3.05) is 0 Å². The summed E-state index contributed by atoms with van der Waals surface area (Å²) in [7, 11) is 0. The highest BCUT2D eigenvalue weighted by atomic mass is 14.4. The van der Waals surface area contributed by atoms with Gasteiger partial charge in [-0.15, -0.1) is 0 Å². The molecule has 1 saturated carbocycles. The second kappa shape index (κ2) is 5.78. The monoisotopic (exact) mass is 196 g/mol. The molecule has 14 heavy (non-hydrogen) atoms. The summed E-state index contributed by atoms with van der Waals surface area (Å²) in [6.07, 6.45) is 8.69. The van der Waals surface area contributed by atoms with E-state index in [-0.39, 0.29) is 0 Å². The Kier molecular flexibility index (Phi) is 4.98. The van der Waals surface area contributed by atoms with E-state index in [0.717, 1.165) is 23.7 Å². The van der Waals surface area contributed by atoms with Gasteiger partial charge in [0.2, 0.25) is 0 Å². The van der Waals surface area contributed by atoms with Crippen LogP contribution in [0.5, 0.6) is 0 Å². The van der Waals surface area contributed by atoms with Gasteiger partial charge in [-0.25, -0.2) is 0 Å². The number of hydrogen-bond donors (Lipinski definition) is 0. The van der Waals surface area contributed by atoms with Crippen LogP contribution in [0.4, 0.5) is 0 Å². The third kappa shape index (κ3) is 3.00. The molecule has 0 nitrogen and oxygen atoms in total. The Morgan fingerprint density at radius 3 is 2.29 bits per heavy atom. The van der Waals surface area contributed by atoms with Crippen LogP contribution in [0.25, 0.3) is 0 Å². The van der Waals surface area contributed by atoms with Gasteiger partial charge in [-0.1, -0.05) is 53.4 Å². The van der Waals surface area contributed by atoms with Crippen LogP contribution in [0.3, 0.4) is 0 Å². The van der Waals surface area contributed by atoms with Gasteiger partial charge in [-0.3, -0.25) is 0 Å². The molecule has 0 saturated heterocycles. The normalized spacial score (nSPS) is 30.9. The zero-order chi connectivity index (χ0) is 10.6. The molecule has 1 aliphatic carbocycles. The minimum Gasteiger partial charge on any atom is -0.0654 e. The molecule has 0 spiro atoms. The molecule has 84 valence electrons. The molecule has 1 aliphatic rings. The lowest BCUT2D eigenvalue weighted by molar-refractivity contribution is 0.0943. The first kappa shape index (κ1) is 12.1. The van der Waals surface area contributed by atoms with Crippen molar-refractivity contribution in [3.63, 3.8) is 0 Å². The number of rotatable bonds is 6. The van der Waals surface area contributed by atoms with E-state index in [9.17, 15) is 0 Å². The predicted molar refractivity (Wildman–Crippen MR) is 64.4 cm³/mol. The summed E-state index contributed by atoms with van der Waals surface area (Å²) in [5.41, 5.74) is 0. The molecule has 1 fully saturated rings. The lowest BCUT2D eigenvalue weighted by Crippen LogP contribution is -2.31. The Bertz CT molecular complexity index is 139. The van der Waals surface area contributed by atoms with E-state index in [1.165, 1.54) is 38.5 Å². The summed E-state index contributed by atoms with van der Waals surface area (Å²) in [6.45, 7) is 9.58. The number of unbranched alkanes of at least 4 members (excludes halogenated alkanes) is 1. The summed E-state index contributed by atoms with van der Waals surface area (Å²) >= 11 is 0. The molecule has 0 aromatic heterocycles. The molecule has 2 unspecified atom stereocenters. The molecule has 0 aromatic rings. The van der Waals surface area contributed by atoms with Gasteiger partial charge in [0.15, 0.2) is 0 Å². The highest BCUT2D eigenvalue weighted by molar-refractivity contribution is 4.83. The largest absolute Gasteiger partial charge is 0.0654 e. The van der Waals surface area contributed by atoms with Crippen LogP contribution in [0.2, 0.25) is 0 Å². The maximum Gasteiger partial charge on any atom is -0.0381 e. The standard InChI is InChI=1S/C14H28/c1-5-7-8-11(3)12(4)14-9-13(6-2)10-14/h11-14H,5-10H2,1-4H3. The van der Waals surface area contributed by atoms with Crippen molar-refractivity contribution < 1.29 is 0 Å². The van der Waals surface area contributed by atoms with Crippen LogP contribution in [0, 0.1) is 23.7 Å². The highest BCUT2D eigenvalue weighted by Crippen LogP contribution is 2.43. The molecule has 0 amide bonds. The van der Waals surface area contributed by atoms with E-state index >= 15 is 0 Å². The fraction of sp³-hybridized carbons (Fsp3) is 1.00. The van der Waals surface area contributed by atoms with Crippen molar-refractivity contribution >= 4 is 0 Å². The van der Waals surface area contributed by atoms with Gasteiger partial charge in [0.25, 0.3) is 0 Å². The Hall–Kier alpha value is 0. The average molecular weight is 196 g/mol. The van der Waals surface area contributed by atoms with Crippen LogP contribution in [-0.4, -0.2) is 0 Å². The van der Waals surface area contributed by atoms with E-state index in [0.29, 0.717) is 0 Å². The number of hydrogen-bond acceptors (Lipinski definition) is 0. The van der Waals surface area contributed by atoms with Gasteiger partial charge in [0.05, 0.1) is 0 Å². The summed E-state index contributed by atoms with van der Waals surface area (Å²) in [5.74, 6) is 4.06. The first-order valence-electron chi connectivity index (χ1n) is 6.69. The second-order valence-corrected chi connectivity index (χ2v) is 5.48.